The highest BCUT2D eigenvalue weighted by atomic mass is 16.2. The fourth-order valence-electron chi connectivity index (χ4n) is 3.24. The van der Waals surface area contributed by atoms with E-state index in [1.807, 2.05) is 51.1 Å². The van der Waals surface area contributed by atoms with E-state index < -0.39 is 0 Å². The van der Waals surface area contributed by atoms with Crippen LogP contribution in [0, 0.1) is 20.8 Å². The molecule has 1 aromatic heterocycles. The Hall–Kier alpha value is -3.67. The van der Waals surface area contributed by atoms with Gasteiger partial charge in [-0.15, -0.1) is 0 Å². The van der Waals surface area contributed by atoms with Gasteiger partial charge >= 0.3 is 0 Å². The van der Waals surface area contributed by atoms with Crippen molar-refractivity contribution in [2.75, 3.05) is 16.0 Å². The normalized spacial score (nSPS) is 10.3. The lowest BCUT2D eigenvalue weighted by Gasteiger charge is -2.13. The average Bonchev–Trinajstić information content (AvgIpc) is 2.64. The molecular weight excluding hydrogens is 364 g/mol. The molecule has 6 nitrogen and oxygen atoms in total. The lowest BCUT2D eigenvalue weighted by Crippen LogP contribution is -2.14. The van der Waals surface area contributed by atoms with Crippen molar-refractivity contribution >= 4 is 34.6 Å². The molecule has 2 amide bonds. The van der Waals surface area contributed by atoms with E-state index in [4.69, 9.17) is 0 Å². The number of carbonyl (C=O) groups is 2. The summed E-state index contributed by atoms with van der Waals surface area (Å²) in [6.07, 6.45) is 3.18. The predicted octanol–water partition coefficient (Wildman–Crippen LogP) is 4.96. The second-order valence-electron chi connectivity index (χ2n) is 7.08. The van der Waals surface area contributed by atoms with E-state index in [1.54, 1.807) is 18.3 Å². The number of pyridine rings is 1. The monoisotopic (exact) mass is 388 g/mol. The molecule has 0 fully saturated rings. The van der Waals surface area contributed by atoms with Crippen LogP contribution >= 0.6 is 0 Å². The summed E-state index contributed by atoms with van der Waals surface area (Å²) in [4.78, 5) is 28.2. The molecule has 29 heavy (non-hydrogen) atoms. The molecule has 0 aliphatic carbocycles. The molecule has 0 bridgehead atoms. The number of rotatable bonds is 5. The van der Waals surface area contributed by atoms with Gasteiger partial charge in [0, 0.05) is 30.2 Å². The highest BCUT2D eigenvalue weighted by molar-refractivity contribution is 6.05. The van der Waals surface area contributed by atoms with Crippen molar-refractivity contribution in [2.24, 2.45) is 0 Å². The van der Waals surface area contributed by atoms with E-state index in [0.29, 0.717) is 16.9 Å². The molecule has 2 aromatic carbocycles. The summed E-state index contributed by atoms with van der Waals surface area (Å²) >= 11 is 0. The molecule has 0 spiro atoms. The molecule has 3 N–H and O–H groups in total. The smallest absolute Gasteiger partial charge is 0.257 e. The van der Waals surface area contributed by atoms with Crippen molar-refractivity contribution in [1.29, 1.82) is 0 Å². The van der Waals surface area contributed by atoms with E-state index >= 15 is 0 Å². The number of carbonyl (C=O) groups excluding carboxylic acids is 2. The van der Waals surface area contributed by atoms with Gasteiger partial charge in [-0.25, -0.2) is 0 Å². The van der Waals surface area contributed by atoms with Gasteiger partial charge in [-0.3, -0.25) is 14.6 Å². The number of nitrogens with zero attached hydrogens (tertiary/aromatic N) is 1. The first kappa shape index (κ1) is 20.1. The van der Waals surface area contributed by atoms with Crippen molar-refractivity contribution in [3.63, 3.8) is 0 Å². The maximum atomic E-state index is 12.8. The zero-order valence-electron chi connectivity index (χ0n) is 17.0. The molecule has 3 aromatic rings. The standard InChI is InChI=1S/C23H24N4O2/c1-14-8-15(2)22(16(3)9-14)27-23(29)18-10-21(13-24-12-18)26-20-7-5-6-19(11-20)25-17(4)28/h5-13,26H,1-4H3,(H,25,28)(H,27,29). The molecular formula is C23H24N4O2. The van der Waals surface area contributed by atoms with Gasteiger partial charge in [-0.2, -0.15) is 0 Å². The zero-order chi connectivity index (χ0) is 21.0. The first-order chi connectivity index (χ1) is 13.8. The molecule has 1 heterocycles. The Bertz CT molecular complexity index is 1050. The minimum absolute atomic E-state index is 0.135. The van der Waals surface area contributed by atoms with Crippen molar-refractivity contribution in [2.45, 2.75) is 27.7 Å². The second kappa shape index (κ2) is 8.56. The predicted molar refractivity (Wildman–Crippen MR) is 117 cm³/mol. The van der Waals surface area contributed by atoms with Gasteiger partial charge in [0.25, 0.3) is 5.91 Å². The second-order valence-corrected chi connectivity index (χ2v) is 7.08. The van der Waals surface area contributed by atoms with Crippen LogP contribution in [-0.2, 0) is 4.79 Å². The average molecular weight is 388 g/mol. The molecule has 0 unspecified atom stereocenters. The Balaban J connectivity index is 1.78. The Morgan fingerprint density at radius 3 is 2.21 bits per heavy atom. The van der Waals surface area contributed by atoms with Gasteiger partial charge in [0.05, 0.1) is 17.4 Å². The first-order valence-corrected chi connectivity index (χ1v) is 9.31. The zero-order valence-corrected chi connectivity index (χ0v) is 17.0. The van der Waals surface area contributed by atoms with Crippen molar-refractivity contribution in [1.82, 2.24) is 4.98 Å². The summed E-state index contributed by atoms with van der Waals surface area (Å²) < 4.78 is 0. The van der Waals surface area contributed by atoms with E-state index in [2.05, 4.69) is 20.9 Å². The maximum absolute atomic E-state index is 12.8. The van der Waals surface area contributed by atoms with Gasteiger partial charge in [0.1, 0.15) is 0 Å². The third kappa shape index (κ3) is 5.19. The summed E-state index contributed by atoms with van der Waals surface area (Å²) in [6, 6.07) is 13.2. The van der Waals surface area contributed by atoms with Crippen LogP contribution in [-0.4, -0.2) is 16.8 Å². The van der Waals surface area contributed by atoms with Crippen LogP contribution in [0.1, 0.15) is 34.0 Å². The fourth-order valence-corrected chi connectivity index (χ4v) is 3.24. The summed E-state index contributed by atoms with van der Waals surface area (Å²) in [6.45, 7) is 7.46. The Morgan fingerprint density at radius 1 is 0.828 bits per heavy atom. The fraction of sp³-hybridized carbons (Fsp3) is 0.174. The van der Waals surface area contributed by atoms with Crippen LogP contribution in [0.2, 0.25) is 0 Å². The molecule has 0 saturated heterocycles. The molecule has 0 saturated carbocycles. The third-order valence-corrected chi connectivity index (χ3v) is 4.39. The summed E-state index contributed by atoms with van der Waals surface area (Å²) in [5, 5.41) is 8.95. The highest BCUT2D eigenvalue weighted by Gasteiger charge is 2.11. The summed E-state index contributed by atoms with van der Waals surface area (Å²) in [5.41, 5.74) is 6.62. The van der Waals surface area contributed by atoms with E-state index in [-0.39, 0.29) is 11.8 Å². The molecule has 6 heteroatoms. The van der Waals surface area contributed by atoms with Gasteiger partial charge < -0.3 is 16.0 Å². The molecule has 148 valence electrons. The maximum Gasteiger partial charge on any atom is 0.257 e. The van der Waals surface area contributed by atoms with E-state index in [9.17, 15) is 9.59 Å². The lowest BCUT2D eigenvalue weighted by molar-refractivity contribution is -0.114. The van der Waals surface area contributed by atoms with Gasteiger partial charge in [0.2, 0.25) is 5.91 Å². The van der Waals surface area contributed by atoms with Crippen LogP contribution in [0.15, 0.2) is 54.9 Å². The number of hydrogen-bond acceptors (Lipinski definition) is 4. The van der Waals surface area contributed by atoms with Crippen LogP contribution in [0.5, 0.6) is 0 Å². The van der Waals surface area contributed by atoms with Crippen molar-refractivity contribution in [3.8, 4) is 0 Å². The van der Waals surface area contributed by atoms with Gasteiger partial charge in [-0.1, -0.05) is 23.8 Å². The number of benzene rings is 2. The lowest BCUT2D eigenvalue weighted by atomic mass is 10.0. The number of aromatic nitrogens is 1. The SMILES string of the molecule is CC(=O)Nc1cccc(Nc2cncc(C(=O)Nc3c(C)cc(C)cc3C)c2)c1. The number of amides is 2. The number of hydrogen-bond donors (Lipinski definition) is 3. The molecule has 0 radical (unpaired) electrons. The van der Waals surface area contributed by atoms with Crippen LogP contribution in [0.25, 0.3) is 0 Å². The minimum atomic E-state index is -0.219. The highest BCUT2D eigenvalue weighted by Crippen LogP contribution is 2.24. The minimum Gasteiger partial charge on any atom is -0.354 e. The Morgan fingerprint density at radius 2 is 1.52 bits per heavy atom. The van der Waals surface area contributed by atoms with Crippen LogP contribution < -0.4 is 16.0 Å². The summed E-state index contributed by atoms with van der Waals surface area (Å²) in [7, 11) is 0. The van der Waals surface area contributed by atoms with Crippen LogP contribution in [0.3, 0.4) is 0 Å². The van der Waals surface area contributed by atoms with Crippen molar-refractivity contribution < 1.29 is 9.59 Å². The van der Waals surface area contributed by atoms with Crippen molar-refractivity contribution in [3.05, 3.63) is 77.1 Å². The topological polar surface area (TPSA) is 83.1 Å². The van der Waals surface area contributed by atoms with Gasteiger partial charge in [0.15, 0.2) is 0 Å². The molecule has 0 aliphatic rings. The molecule has 3 rings (SSSR count). The molecule has 0 atom stereocenters. The van der Waals surface area contributed by atoms with E-state index in [1.165, 1.54) is 13.1 Å². The largest absolute Gasteiger partial charge is 0.354 e. The van der Waals surface area contributed by atoms with Crippen LogP contribution in [0.4, 0.5) is 22.7 Å². The number of aryl methyl sites for hydroxylation is 3. The first-order valence-electron chi connectivity index (χ1n) is 9.31. The third-order valence-electron chi connectivity index (χ3n) is 4.39. The number of anilines is 4. The Labute approximate surface area is 170 Å². The summed E-state index contributed by atoms with van der Waals surface area (Å²) in [5.74, 6) is -0.354. The molecule has 0 aliphatic heterocycles. The quantitative estimate of drug-likeness (QED) is 0.577. The Kier molecular flexibility index (Phi) is 5.93. The van der Waals surface area contributed by atoms with Gasteiger partial charge in [-0.05, 0) is 56.2 Å². The number of nitrogens with one attached hydrogen (secondary N) is 3. The van der Waals surface area contributed by atoms with E-state index in [0.717, 1.165) is 28.1 Å².